The molecule has 1 amide bonds. The third-order valence-corrected chi connectivity index (χ3v) is 3.93. The SMILES string of the molecule is C#Cc1ccc(C(=O)Nc2ccc(-c3cc(C(F)(F)F)nn3C)c(N)n2)cc1. The number of nitrogens with one attached hydrogen (secondary N) is 1. The van der Waals surface area contributed by atoms with E-state index in [0.29, 0.717) is 11.1 Å². The summed E-state index contributed by atoms with van der Waals surface area (Å²) in [6.07, 6.45) is 0.703. The van der Waals surface area contributed by atoms with Gasteiger partial charge in [-0.1, -0.05) is 5.92 Å². The Bertz CT molecular complexity index is 1080. The van der Waals surface area contributed by atoms with Crippen molar-refractivity contribution >= 4 is 17.5 Å². The fourth-order valence-corrected chi connectivity index (χ4v) is 2.53. The molecule has 0 unspecified atom stereocenters. The predicted octanol–water partition coefficient (Wildman–Crippen LogP) is 3.32. The maximum Gasteiger partial charge on any atom is 0.435 e. The van der Waals surface area contributed by atoms with Crippen molar-refractivity contribution in [3.05, 3.63) is 59.3 Å². The lowest BCUT2D eigenvalue weighted by Crippen LogP contribution is -2.13. The predicted molar refractivity (Wildman–Crippen MR) is 98.2 cm³/mol. The second-order valence-electron chi connectivity index (χ2n) is 5.84. The van der Waals surface area contributed by atoms with Crippen molar-refractivity contribution in [1.29, 1.82) is 0 Å². The third kappa shape index (κ3) is 3.81. The number of carbonyl (C=O) groups excluding carboxylic acids is 1. The Hall–Kier alpha value is -3.80. The molecule has 3 aromatic rings. The van der Waals surface area contributed by atoms with Crippen LogP contribution in [0, 0.1) is 12.3 Å². The number of pyridine rings is 1. The summed E-state index contributed by atoms with van der Waals surface area (Å²) in [5.74, 6) is 2.14. The molecular weight excluding hydrogens is 371 g/mol. The number of hydrogen-bond acceptors (Lipinski definition) is 4. The van der Waals surface area contributed by atoms with Crippen molar-refractivity contribution < 1.29 is 18.0 Å². The van der Waals surface area contributed by atoms with Crippen LogP contribution in [0.15, 0.2) is 42.5 Å². The Kier molecular flexibility index (Phi) is 4.79. The number of aromatic nitrogens is 3. The fourth-order valence-electron chi connectivity index (χ4n) is 2.53. The third-order valence-electron chi connectivity index (χ3n) is 3.93. The molecule has 28 heavy (non-hydrogen) atoms. The highest BCUT2D eigenvalue weighted by atomic mass is 19.4. The van der Waals surface area contributed by atoms with Crippen LogP contribution in [-0.4, -0.2) is 20.7 Å². The van der Waals surface area contributed by atoms with Crippen molar-refractivity contribution in [3.8, 4) is 23.6 Å². The Labute approximate surface area is 158 Å². The molecule has 2 heterocycles. The molecule has 3 N–H and O–H groups in total. The van der Waals surface area contributed by atoms with Crippen LogP contribution in [-0.2, 0) is 13.2 Å². The van der Waals surface area contributed by atoms with Gasteiger partial charge in [-0.25, -0.2) is 4.98 Å². The zero-order valence-corrected chi connectivity index (χ0v) is 14.6. The molecule has 0 bridgehead atoms. The normalized spacial score (nSPS) is 11.1. The van der Waals surface area contributed by atoms with E-state index in [9.17, 15) is 18.0 Å². The first-order chi connectivity index (χ1) is 13.2. The molecule has 3 rings (SSSR count). The van der Waals surface area contributed by atoms with Gasteiger partial charge in [0.25, 0.3) is 5.91 Å². The molecule has 0 aliphatic heterocycles. The van der Waals surface area contributed by atoms with E-state index in [1.54, 1.807) is 24.3 Å². The van der Waals surface area contributed by atoms with Gasteiger partial charge in [0.15, 0.2) is 5.69 Å². The molecule has 0 atom stereocenters. The molecule has 0 spiro atoms. The smallest absolute Gasteiger partial charge is 0.383 e. The molecule has 0 fully saturated rings. The molecule has 0 aliphatic rings. The second-order valence-corrected chi connectivity index (χ2v) is 5.84. The molecule has 0 radical (unpaired) electrons. The highest BCUT2D eigenvalue weighted by molar-refractivity contribution is 6.04. The van der Waals surface area contributed by atoms with Crippen molar-refractivity contribution in [2.45, 2.75) is 6.18 Å². The van der Waals surface area contributed by atoms with E-state index in [-0.39, 0.29) is 22.9 Å². The average molecular weight is 385 g/mol. The van der Waals surface area contributed by atoms with Crippen LogP contribution >= 0.6 is 0 Å². The number of halogens is 3. The number of anilines is 2. The first-order valence-electron chi connectivity index (χ1n) is 7.95. The average Bonchev–Trinajstić information content (AvgIpc) is 3.04. The zero-order valence-electron chi connectivity index (χ0n) is 14.6. The number of terminal acetylenes is 1. The van der Waals surface area contributed by atoms with Gasteiger partial charge in [-0.3, -0.25) is 9.48 Å². The number of rotatable bonds is 3. The number of benzene rings is 1. The summed E-state index contributed by atoms with van der Waals surface area (Å²) in [4.78, 5) is 16.3. The van der Waals surface area contributed by atoms with E-state index in [0.717, 1.165) is 10.7 Å². The molecule has 6 nitrogen and oxygen atoms in total. The van der Waals surface area contributed by atoms with Gasteiger partial charge in [0, 0.05) is 23.7 Å². The van der Waals surface area contributed by atoms with Gasteiger partial charge in [0.05, 0.1) is 5.69 Å². The van der Waals surface area contributed by atoms with Crippen molar-refractivity contribution in [2.75, 3.05) is 11.1 Å². The van der Waals surface area contributed by atoms with E-state index in [4.69, 9.17) is 12.2 Å². The quantitative estimate of drug-likeness (QED) is 0.678. The Morgan fingerprint density at radius 1 is 1.21 bits per heavy atom. The van der Waals surface area contributed by atoms with Gasteiger partial charge in [0.2, 0.25) is 0 Å². The van der Waals surface area contributed by atoms with E-state index >= 15 is 0 Å². The number of nitrogens with zero attached hydrogens (tertiary/aromatic N) is 3. The van der Waals surface area contributed by atoms with Crippen LogP contribution in [0.3, 0.4) is 0 Å². The van der Waals surface area contributed by atoms with Crippen molar-refractivity contribution in [1.82, 2.24) is 14.8 Å². The Morgan fingerprint density at radius 3 is 2.43 bits per heavy atom. The Balaban J connectivity index is 1.84. The Morgan fingerprint density at radius 2 is 1.89 bits per heavy atom. The van der Waals surface area contributed by atoms with Gasteiger partial charge in [-0.05, 0) is 42.5 Å². The van der Waals surface area contributed by atoms with Crippen molar-refractivity contribution in [3.63, 3.8) is 0 Å². The van der Waals surface area contributed by atoms with Crippen molar-refractivity contribution in [2.24, 2.45) is 7.05 Å². The van der Waals surface area contributed by atoms with Gasteiger partial charge in [-0.2, -0.15) is 18.3 Å². The van der Waals surface area contributed by atoms with E-state index in [2.05, 4.69) is 21.3 Å². The standard InChI is InChI=1S/C19H14F3N5O/c1-3-11-4-6-12(7-5-11)18(28)25-16-9-8-13(17(23)24-16)14-10-15(19(20,21)22)26-27(14)2/h1,4-10H,2H3,(H3,23,24,25,28). The summed E-state index contributed by atoms with van der Waals surface area (Å²) < 4.78 is 39.6. The minimum absolute atomic E-state index is 0.0443. The van der Waals surface area contributed by atoms with E-state index in [1.165, 1.54) is 19.2 Å². The number of carbonyl (C=O) groups is 1. The number of nitrogen functional groups attached to an aromatic ring is 1. The fraction of sp³-hybridized carbons (Fsp3) is 0.105. The highest BCUT2D eigenvalue weighted by Gasteiger charge is 2.35. The molecule has 9 heteroatoms. The van der Waals surface area contributed by atoms with Crippen LogP contribution in [0.4, 0.5) is 24.8 Å². The van der Waals surface area contributed by atoms with Gasteiger partial charge < -0.3 is 11.1 Å². The number of alkyl halides is 3. The highest BCUT2D eigenvalue weighted by Crippen LogP contribution is 2.33. The lowest BCUT2D eigenvalue weighted by atomic mass is 10.1. The molecule has 0 saturated carbocycles. The summed E-state index contributed by atoms with van der Waals surface area (Å²) in [7, 11) is 1.37. The van der Waals surface area contributed by atoms with Gasteiger partial charge in [-0.15, -0.1) is 6.42 Å². The molecule has 142 valence electrons. The first kappa shape index (κ1) is 19.0. The minimum Gasteiger partial charge on any atom is -0.383 e. The van der Waals surface area contributed by atoms with E-state index < -0.39 is 17.8 Å². The maximum absolute atomic E-state index is 12.8. The van der Waals surface area contributed by atoms with Crippen LogP contribution in [0.5, 0.6) is 0 Å². The summed E-state index contributed by atoms with van der Waals surface area (Å²) in [6, 6.07) is 10.2. The lowest BCUT2D eigenvalue weighted by Gasteiger charge is -2.09. The zero-order chi connectivity index (χ0) is 20.5. The van der Waals surface area contributed by atoms with Crippen LogP contribution < -0.4 is 11.1 Å². The monoisotopic (exact) mass is 385 g/mol. The number of nitrogens with two attached hydrogens (primary N) is 1. The van der Waals surface area contributed by atoms with E-state index in [1.807, 2.05) is 0 Å². The summed E-state index contributed by atoms with van der Waals surface area (Å²) in [5, 5.41) is 6.02. The number of aryl methyl sites for hydroxylation is 1. The molecular formula is C19H14F3N5O. The minimum atomic E-state index is -4.57. The first-order valence-corrected chi connectivity index (χ1v) is 7.95. The largest absolute Gasteiger partial charge is 0.435 e. The summed E-state index contributed by atoms with van der Waals surface area (Å²) in [5.41, 5.74) is 6.28. The number of hydrogen-bond donors (Lipinski definition) is 2. The maximum atomic E-state index is 12.8. The van der Waals surface area contributed by atoms with Crippen LogP contribution in [0.1, 0.15) is 21.6 Å². The number of amides is 1. The van der Waals surface area contributed by atoms with Crippen LogP contribution in [0.2, 0.25) is 0 Å². The lowest BCUT2D eigenvalue weighted by molar-refractivity contribution is -0.141. The van der Waals surface area contributed by atoms with Gasteiger partial charge >= 0.3 is 6.18 Å². The van der Waals surface area contributed by atoms with Gasteiger partial charge in [0.1, 0.15) is 11.6 Å². The molecule has 0 saturated heterocycles. The summed E-state index contributed by atoms with van der Waals surface area (Å²) >= 11 is 0. The second kappa shape index (κ2) is 7.08. The van der Waals surface area contributed by atoms with Crippen LogP contribution in [0.25, 0.3) is 11.3 Å². The molecule has 2 aromatic heterocycles. The molecule has 0 aliphatic carbocycles. The molecule has 1 aromatic carbocycles. The topological polar surface area (TPSA) is 85.8 Å². The summed E-state index contributed by atoms with van der Waals surface area (Å²) in [6.45, 7) is 0.